The van der Waals surface area contributed by atoms with Crippen molar-refractivity contribution in [3.63, 3.8) is 0 Å². The maximum atomic E-state index is 11.6. The standard InChI is InChI=1S/C9H12ClN3O2/c1-12-5-7(14)11-9(12)13-4-6(3-10)2-8(13)15/h6H,2-5H2,1H3. The first kappa shape index (κ1) is 10.4. The van der Waals surface area contributed by atoms with E-state index in [0.717, 1.165) is 0 Å². The molecule has 2 aliphatic rings. The summed E-state index contributed by atoms with van der Waals surface area (Å²) in [5, 5.41) is 0. The summed E-state index contributed by atoms with van der Waals surface area (Å²) >= 11 is 5.71. The van der Waals surface area contributed by atoms with Gasteiger partial charge in [0, 0.05) is 25.9 Å². The molecule has 0 N–H and O–H groups in total. The Morgan fingerprint density at radius 3 is 2.73 bits per heavy atom. The fourth-order valence-corrected chi connectivity index (χ4v) is 2.06. The number of nitrogens with zero attached hydrogens (tertiary/aromatic N) is 3. The van der Waals surface area contributed by atoms with Crippen molar-refractivity contribution in [2.75, 3.05) is 26.0 Å². The number of carbonyl (C=O) groups is 2. The fraction of sp³-hybridized carbons (Fsp3) is 0.667. The van der Waals surface area contributed by atoms with Crippen molar-refractivity contribution in [3.05, 3.63) is 0 Å². The molecule has 5 nitrogen and oxygen atoms in total. The minimum atomic E-state index is -0.199. The molecule has 0 aromatic rings. The number of amides is 2. The highest BCUT2D eigenvalue weighted by Crippen LogP contribution is 2.21. The quantitative estimate of drug-likeness (QED) is 0.590. The van der Waals surface area contributed by atoms with Gasteiger partial charge < -0.3 is 4.90 Å². The lowest BCUT2D eigenvalue weighted by Gasteiger charge is -2.21. The van der Waals surface area contributed by atoms with E-state index in [0.29, 0.717) is 24.8 Å². The minimum absolute atomic E-state index is 0.000880. The maximum absolute atomic E-state index is 11.6. The van der Waals surface area contributed by atoms with Crippen LogP contribution in [0.15, 0.2) is 4.99 Å². The smallest absolute Gasteiger partial charge is 0.268 e. The van der Waals surface area contributed by atoms with Crippen LogP contribution in [0, 0.1) is 5.92 Å². The minimum Gasteiger partial charge on any atom is -0.336 e. The van der Waals surface area contributed by atoms with Crippen LogP contribution in [-0.2, 0) is 9.59 Å². The summed E-state index contributed by atoms with van der Waals surface area (Å²) < 4.78 is 0. The van der Waals surface area contributed by atoms with Crippen molar-refractivity contribution in [1.82, 2.24) is 9.80 Å². The summed E-state index contributed by atoms with van der Waals surface area (Å²) in [7, 11) is 1.75. The molecular formula is C9H12ClN3O2. The zero-order chi connectivity index (χ0) is 11.0. The van der Waals surface area contributed by atoms with E-state index >= 15 is 0 Å². The van der Waals surface area contributed by atoms with Crippen molar-refractivity contribution in [3.8, 4) is 0 Å². The molecule has 0 aromatic heterocycles. The Morgan fingerprint density at radius 2 is 2.27 bits per heavy atom. The van der Waals surface area contributed by atoms with Gasteiger partial charge in [0.15, 0.2) is 0 Å². The van der Waals surface area contributed by atoms with Crippen molar-refractivity contribution in [2.45, 2.75) is 6.42 Å². The van der Waals surface area contributed by atoms with Crippen molar-refractivity contribution >= 4 is 29.4 Å². The van der Waals surface area contributed by atoms with Crippen molar-refractivity contribution in [2.24, 2.45) is 10.9 Å². The third-order valence-electron chi connectivity index (χ3n) is 2.60. The Balaban J connectivity index is 2.15. The molecule has 1 saturated heterocycles. The van der Waals surface area contributed by atoms with Crippen LogP contribution in [0.5, 0.6) is 0 Å². The van der Waals surface area contributed by atoms with Crippen molar-refractivity contribution < 1.29 is 9.59 Å². The third kappa shape index (κ3) is 1.84. The zero-order valence-electron chi connectivity index (χ0n) is 8.44. The van der Waals surface area contributed by atoms with Crippen LogP contribution < -0.4 is 0 Å². The van der Waals surface area contributed by atoms with Gasteiger partial charge in [0.1, 0.15) is 6.54 Å². The van der Waals surface area contributed by atoms with Gasteiger partial charge in [-0.05, 0) is 5.92 Å². The van der Waals surface area contributed by atoms with Gasteiger partial charge in [-0.3, -0.25) is 14.5 Å². The number of rotatable bonds is 1. The van der Waals surface area contributed by atoms with Gasteiger partial charge in [0.25, 0.3) is 5.91 Å². The number of aliphatic imine (C=N–C) groups is 1. The van der Waals surface area contributed by atoms with E-state index in [1.54, 1.807) is 16.8 Å². The van der Waals surface area contributed by atoms with Gasteiger partial charge in [-0.25, -0.2) is 0 Å². The van der Waals surface area contributed by atoms with E-state index in [9.17, 15) is 9.59 Å². The summed E-state index contributed by atoms with van der Waals surface area (Å²) in [6, 6.07) is 0. The van der Waals surface area contributed by atoms with Gasteiger partial charge in [0.2, 0.25) is 11.9 Å². The molecule has 2 aliphatic heterocycles. The monoisotopic (exact) mass is 229 g/mol. The lowest BCUT2D eigenvalue weighted by molar-refractivity contribution is -0.124. The number of alkyl halides is 1. The Kier molecular flexibility index (Phi) is 2.65. The van der Waals surface area contributed by atoms with Crippen molar-refractivity contribution in [1.29, 1.82) is 0 Å². The molecule has 0 radical (unpaired) electrons. The van der Waals surface area contributed by atoms with Crippen LogP contribution in [0.4, 0.5) is 0 Å². The molecule has 0 spiro atoms. The molecule has 1 unspecified atom stereocenters. The lowest BCUT2D eigenvalue weighted by Crippen LogP contribution is -2.40. The Bertz CT molecular complexity index is 342. The first-order chi connectivity index (χ1) is 7.11. The molecule has 0 aromatic carbocycles. The molecule has 1 atom stereocenters. The summed E-state index contributed by atoms with van der Waals surface area (Å²) in [6.07, 6.45) is 0.449. The first-order valence-corrected chi connectivity index (χ1v) is 5.34. The highest BCUT2D eigenvalue weighted by atomic mass is 35.5. The lowest BCUT2D eigenvalue weighted by atomic mass is 10.2. The van der Waals surface area contributed by atoms with Crippen LogP contribution >= 0.6 is 11.6 Å². The van der Waals surface area contributed by atoms with E-state index in [1.165, 1.54) is 0 Å². The summed E-state index contributed by atoms with van der Waals surface area (Å²) in [6.45, 7) is 0.823. The van der Waals surface area contributed by atoms with Crippen LogP contribution in [0.1, 0.15) is 6.42 Å². The van der Waals surface area contributed by atoms with Gasteiger partial charge in [0.05, 0.1) is 0 Å². The van der Waals surface area contributed by atoms with Gasteiger partial charge in [-0.1, -0.05) is 0 Å². The number of guanidine groups is 1. The van der Waals surface area contributed by atoms with Crippen LogP contribution in [0.2, 0.25) is 0 Å². The normalized spacial score (nSPS) is 26.5. The molecule has 0 aliphatic carbocycles. The molecule has 2 heterocycles. The molecule has 2 amide bonds. The topological polar surface area (TPSA) is 53.0 Å². The number of likely N-dealkylation sites (tertiary alicyclic amines) is 1. The number of likely N-dealkylation sites (N-methyl/N-ethyl adjacent to an activating group) is 1. The van der Waals surface area contributed by atoms with E-state index in [1.807, 2.05) is 0 Å². The highest BCUT2D eigenvalue weighted by Gasteiger charge is 2.36. The maximum Gasteiger partial charge on any atom is 0.268 e. The Morgan fingerprint density at radius 1 is 1.53 bits per heavy atom. The SMILES string of the molecule is CN1CC(=O)N=C1N1CC(CCl)CC1=O. The van der Waals surface area contributed by atoms with Gasteiger partial charge >= 0.3 is 0 Å². The Labute approximate surface area is 92.7 Å². The number of hydrogen-bond acceptors (Lipinski definition) is 3. The largest absolute Gasteiger partial charge is 0.336 e. The summed E-state index contributed by atoms with van der Waals surface area (Å²) in [5.41, 5.74) is 0. The molecule has 1 fully saturated rings. The molecule has 15 heavy (non-hydrogen) atoms. The van der Waals surface area contributed by atoms with E-state index in [-0.39, 0.29) is 24.3 Å². The molecule has 2 rings (SSSR count). The third-order valence-corrected chi connectivity index (χ3v) is 3.04. The number of hydrogen-bond donors (Lipinski definition) is 0. The molecule has 82 valence electrons. The molecule has 6 heteroatoms. The molecule has 0 saturated carbocycles. The summed E-state index contributed by atoms with van der Waals surface area (Å²) in [5.74, 6) is 0.909. The predicted octanol–water partition coefficient (Wildman–Crippen LogP) is -0.0983. The van der Waals surface area contributed by atoms with Crippen LogP contribution in [0.3, 0.4) is 0 Å². The average molecular weight is 230 g/mol. The van der Waals surface area contributed by atoms with Crippen LogP contribution in [0.25, 0.3) is 0 Å². The zero-order valence-corrected chi connectivity index (χ0v) is 9.20. The number of carbonyl (C=O) groups excluding carboxylic acids is 2. The summed E-state index contributed by atoms with van der Waals surface area (Å²) in [4.78, 5) is 29.8. The average Bonchev–Trinajstić information content (AvgIpc) is 2.69. The van der Waals surface area contributed by atoms with E-state index < -0.39 is 0 Å². The Hall–Kier alpha value is -1.10. The second kappa shape index (κ2) is 3.81. The van der Waals surface area contributed by atoms with Gasteiger partial charge in [-0.2, -0.15) is 4.99 Å². The first-order valence-electron chi connectivity index (χ1n) is 4.81. The van der Waals surface area contributed by atoms with E-state index in [2.05, 4.69) is 4.99 Å². The predicted molar refractivity (Wildman–Crippen MR) is 55.6 cm³/mol. The highest BCUT2D eigenvalue weighted by molar-refractivity contribution is 6.18. The fourth-order valence-electron chi connectivity index (χ4n) is 1.85. The molecule has 0 bridgehead atoms. The second-order valence-corrected chi connectivity index (χ2v) is 4.20. The molecular weight excluding hydrogens is 218 g/mol. The van der Waals surface area contributed by atoms with Gasteiger partial charge in [-0.15, -0.1) is 11.6 Å². The second-order valence-electron chi connectivity index (χ2n) is 3.89. The van der Waals surface area contributed by atoms with Crippen LogP contribution in [-0.4, -0.2) is 53.6 Å². The van der Waals surface area contributed by atoms with E-state index in [4.69, 9.17) is 11.6 Å². The number of halogens is 1.